The van der Waals surface area contributed by atoms with Crippen LogP contribution in [0.15, 0.2) is 41.6 Å². The van der Waals surface area contributed by atoms with Gasteiger partial charge < -0.3 is 10.7 Å². The van der Waals surface area contributed by atoms with Gasteiger partial charge >= 0.3 is 0 Å². The molecule has 0 bridgehead atoms. The van der Waals surface area contributed by atoms with E-state index >= 15 is 0 Å². The molecule has 0 aliphatic carbocycles. The lowest BCUT2D eigenvalue weighted by Crippen LogP contribution is -2.32. The van der Waals surface area contributed by atoms with Crippen LogP contribution in [0.1, 0.15) is 19.4 Å². The van der Waals surface area contributed by atoms with E-state index in [0.717, 1.165) is 10.8 Å². The van der Waals surface area contributed by atoms with E-state index in [9.17, 15) is 0 Å². The Morgan fingerprint density at radius 3 is 2.56 bits per heavy atom. The van der Waals surface area contributed by atoms with Crippen molar-refractivity contribution in [3.63, 3.8) is 0 Å². The highest BCUT2D eigenvalue weighted by molar-refractivity contribution is 8.02. The Morgan fingerprint density at radius 2 is 2.00 bits per heavy atom. The van der Waals surface area contributed by atoms with Crippen molar-refractivity contribution in [1.82, 2.24) is 5.01 Å². The molecule has 0 spiro atoms. The average molecular weight is 237 g/mol. The fourth-order valence-corrected chi connectivity index (χ4v) is 1.80. The Balaban J connectivity index is 2.44. The summed E-state index contributed by atoms with van der Waals surface area (Å²) < 4.78 is 0. The summed E-state index contributed by atoms with van der Waals surface area (Å²) in [6.07, 6.45) is 1.78. The number of hydrogen-bond acceptors (Lipinski definition) is 4. The van der Waals surface area contributed by atoms with Crippen LogP contribution < -0.4 is 11.6 Å². The molecule has 0 heterocycles. The van der Waals surface area contributed by atoms with Gasteiger partial charge in [0.05, 0.1) is 5.03 Å². The van der Waals surface area contributed by atoms with E-state index in [2.05, 4.69) is 12.1 Å². The Kier molecular flexibility index (Phi) is 5.22. The van der Waals surface area contributed by atoms with E-state index < -0.39 is 0 Å². The monoisotopic (exact) mass is 237 g/mol. The van der Waals surface area contributed by atoms with Crippen molar-refractivity contribution in [1.29, 1.82) is 0 Å². The maximum atomic E-state index is 5.86. The highest BCUT2D eigenvalue weighted by atomic mass is 32.2. The SMILES string of the molecule is CC(C)N(N)/C=C(\N)SCc1ccccc1. The average Bonchev–Trinajstić information content (AvgIpc) is 2.27. The molecule has 0 amide bonds. The molecule has 0 unspecified atom stereocenters. The van der Waals surface area contributed by atoms with Crippen molar-refractivity contribution in [2.24, 2.45) is 11.6 Å². The van der Waals surface area contributed by atoms with E-state index in [1.54, 1.807) is 23.0 Å². The molecule has 88 valence electrons. The van der Waals surface area contributed by atoms with Gasteiger partial charge in [0, 0.05) is 18.0 Å². The minimum Gasteiger partial charge on any atom is -0.392 e. The summed E-state index contributed by atoms with van der Waals surface area (Å²) in [5.41, 5.74) is 7.12. The van der Waals surface area contributed by atoms with Gasteiger partial charge in [-0.2, -0.15) is 0 Å². The Bertz CT molecular complexity index is 335. The van der Waals surface area contributed by atoms with Crippen LogP contribution in [0.3, 0.4) is 0 Å². The fraction of sp³-hybridized carbons (Fsp3) is 0.333. The summed E-state index contributed by atoms with van der Waals surface area (Å²) >= 11 is 1.59. The molecule has 3 nitrogen and oxygen atoms in total. The van der Waals surface area contributed by atoms with Crippen molar-refractivity contribution >= 4 is 11.8 Å². The lowest BCUT2D eigenvalue weighted by molar-refractivity contribution is 0.322. The molecule has 0 aliphatic rings. The van der Waals surface area contributed by atoms with Crippen molar-refractivity contribution in [3.8, 4) is 0 Å². The smallest absolute Gasteiger partial charge is 0.0835 e. The van der Waals surface area contributed by atoms with Crippen molar-refractivity contribution in [2.45, 2.75) is 25.6 Å². The fourth-order valence-electron chi connectivity index (χ4n) is 1.07. The van der Waals surface area contributed by atoms with E-state index in [1.165, 1.54) is 5.56 Å². The van der Waals surface area contributed by atoms with Crippen LogP contribution in [0.25, 0.3) is 0 Å². The first-order chi connectivity index (χ1) is 7.59. The summed E-state index contributed by atoms with van der Waals surface area (Å²) in [5, 5.41) is 2.35. The Hall–Kier alpha value is -1.13. The summed E-state index contributed by atoms with van der Waals surface area (Å²) in [5.74, 6) is 6.62. The van der Waals surface area contributed by atoms with Gasteiger partial charge in [0.1, 0.15) is 0 Å². The molecular formula is C12H19N3S. The minimum absolute atomic E-state index is 0.260. The van der Waals surface area contributed by atoms with E-state index in [0.29, 0.717) is 0 Å². The molecule has 16 heavy (non-hydrogen) atoms. The third-order valence-corrected chi connectivity index (χ3v) is 3.04. The van der Waals surface area contributed by atoms with Gasteiger partial charge in [-0.3, -0.25) is 0 Å². The zero-order chi connectivity index (χ0) is 12.0. The first-order valence-corrected chi connectivity index (χ1v) is 6.25. The van der Waals surface area contributed by atoms with Crippen LogP contribution in [0.4, 0.5) is 0 Å². The second-order valence-electron chi connectivity index (χ2n) is 3.85. The number of nitrogens with two attached hydrogens (primary N) is 2. The number of nitrogens with zero attached hydrogens (tertiary/aromatic N) is 1. The summed E-state index contributed by atoms with van der Waals surface area (Å²) in [6, 6.07) is 10.5. The first kappa shape index (κ1) is 12.9. The van der Waals surface area contributed by atoms with Crippen LogP contribution in [0.2, 0.25) is 0 Å². The zero-order valence-corrected chi connectivity index (χ0v) is 10.6. The molecule has 0 atom stereocenters. The number of hydrogen-bond donors (Lipinski definition) is 2. The van der Waals surface area contributed by atoms with Crippen molar-refractivity contribution in [3.05, 3.63) is 47.1 Å². The summed E-state index contributed by atoms with van der Waals surface area (Å²) in [7, 11) is 0. The van der Waals surface area contributed by atoms with Gasteiger partial charge in [-0.25, -0.2) is 5.84 Å². The molecular weight excluding hydrogens is 218 g/mol. The lowest BCUT2D eigenvalue weighted by Gasteiger charge is -2.18. The van der Waals surface area contributed by atoms with Gasteiger partial charge in [-0.15, -0.1) is 11.8 Å². The molecule has 1 rings (SSSR count). The Morgan fingerprint density at radius 1 is 1.38 bits per heavy atom. The van der Waals surface area contributed by atoms with E-state index in [4.69, 9.17) is 11.6 Å². The van der Waals surface area contributed by atoms with Crippen LogP contribution in [-0.2, 0) is 5.75 Å². The molecule has 4 heteroatoms. The van der Waals surface area contributed by atoms with Crippen molar-refractivity contribution < 1.29 is 0 Å². The third kappa shape index (κ3) is 4.59. The highest BCUT2D eigenvalue weighted by Crippen LogP contribution is 2.17. The molecule has 0 saturated carbocycles. The number of thioether (sulfide) groups is 1. The standard InChI is InChI=1S/C12H19N3S/c1-10(2)15(14)8-12(13)16-9-11-6-4-3-5-7-11/h3-8,10H,9,13-14H2,1-2H3/b12-8+. The van der Waals surface area contributed by atoms with Gasteiger partial charge in [0.2, 0.25) is 0 Å². The van der Waals surface area contributed by atoms with E-state index in [1.807, 2.05) is 32.0 Å². The van der Waals surface area contributed by atoms with Crippen LogP contribution in [0, 0.1) is 0 Å². The predicted molar refractivity (Wildman–Crippen MR) is 71.2 cm³/mol. The largest absolute Gasteiger partial charge is 0.392 e. The normalized spacial score (nSPS) is 11.9. The predicted octanol–water partition coefficient (Wildman–Crippen LogP) is 2.26. The topological polar surface area (TPSA) is 55.3 Å². The third-order valence-electron chi connectivity index (χ3n) is 2.12. The van der Waals surface area contributed by atoms with Crippen LogP contribution in [0.5, 0.6) is 0 Å². The quantitative estimate of drug-likeness (QED) is 0.609. The number of hydrazine groups is 1. The van der Waals surface area contributed by atoms with Crippen LogP contribution in [-0.4, -0.2) is 11.1 Å². The number of benzene rings is 1. The minimum atomic E-state index is 0.260. The molecule has 1 aromatic carbocycles. The molecule has 0 aliphatic heterocycles. The van der Waals surface area contributed by atoms with Crippen molar-refractivity contribution in [2.75, 3.05) is 0 Å². The molecule has 0 aromatic heterocycles. The molecule has 1 aromatic rings. The molecule has 4 N–H and O–H groups in total. The van der Waals surface area contributed by atoms with Crippen LogP contribution >= 0.6 is 11.8 Å². The van der Waals surface area contributed by atoms with E-state index in [-0.39, 0.29) is 6.04 Å². The second kappa shape index (κ2) is 6.45. The van der Waals surface area contributed by atoms with Gasteiger partial charge in [0.25, 0.3) is 0 Å². The second-order valence-corrected chi connectivity index (χ2v) is 4.90. The Labute approximate surface area is 101 Å². The first-order valence-electron chi connectivity index (χ1n) is 5.26. The number of rotatable bonds is 5. The zero-order valence-electron chi connectivity index (χ0n) is 9.76. The summed E-state index contributed by atoms with van der Waals surface area (Å²) in [4.78, 5) is 0. The highest BCUT2D eigenvalue weighted by Gasteiger charge is 2.00. The van der Waals surface area contributed by atoms with Gasteiger partial charge in [-0.1, -0.05) is 30.3 Å². The molecule has 0 radical (unpaired) electrons. The summed E-state index contributed by atoms with van der Waals surface area (Å²) in [6.45, 7) is 4.04. The maximum Gasteiger partial charge on any atom is 0.0835 e. The van der Waals surface area contributed by atoms with Gasteiger partial charge in [-0.05, 0) is 19.4 Å². The van der Waals surface area contributed by atoms with Gasteiger partial charge in [0.15, 0.2) is 0 Å². The maximum absolute atomic E-state index is 5.86. The molecule has 0 fully saturated rings. The lowest BCUT2D eigenvalue weighted by atomic mass is 10.2. The molecule has 0 saturated heterocycles.